The molecule has 0 heterocycles. The third-order valence-electron chi connectivity index (χ3n) is 3.17. The molecule has 92 valence electrons. The van der Waals surface area contributed by atoms with Crippen molar-refractivity contribution >= 4 is 0 Å². The van der Waals surface area contributed by atoms with Gasteiger partial charge < -0.3 is 10.2 Å². The number of unbranched alkanes of at least 4 members (excludes halogenated alkanes) is 3. The summed E-state index contributed by atoms with van der Waals surface area (Å²) in [6.45, 7) is 6.97. The van der Waals surface area contributed by atoms with Gasteiger partial charge in [-0.25, -0.2) is 0 Å². The van der Waals surface area contributed by atoms with Gasteiger partial charge >= 0.3 is 0 Å². The van der Waals surface area contributed by atoms with Crippen LogP contribution >= 0.6 is 0 Å². The molecule has 0 amide bonds. The minimum Gasteiger partial charge on any atom is -0.320 e. The molecule has 0 radical (unpaired) electrons. The van der Waals surface area contributed by atoms with E-state index in [1.165, 1.54) is 45.1 Å². The highest BCUT2D eigenvalue weighted by Crippen LogP contribution is 2.09. The van der Waals surface area contributed by atoms with Gasteiger partial charge in [-0.3, -0.25) is 0 Å². The summed E-state index contributed by atoms with van der Waals surface area (Å²) in [7, 11) is 4.27. The second-order valence-electron chi connectivity index (χ2n) is 4.64. The zero-order valence-corrected chi connectivity index (χ0v) is 11.2. The molecule has 15 heavy (non-hydrogen) atoms. The van der Waals surface area contributed by atoms with Gasteiger partial charge in [0, 0.05) is 6.04 Å². The highest BCUT2D eigenvalue weighted by molar-refractivity contribution is 4.63. The van der Waals surface area contributed by atoms with Crippen LogP contribution in [0.25, 0.3) is 0 Å². The Morgan fingerprint density at radius 2 is 1.87 bits per heavy atom. The molecule has 0 fully saturated rings. The second kappa shape index (κ2) is 10.4. The zero-order valence-electron chi connectivity index (χ0n) is 11.2. The lowest BCUT2D eigenvalue weighted by atomic mass is 10.1. The molecule has 0 rings (SSSR count). The molecular weight excluding hydrogens is 184 g/mol. The van der Waals surface area contributed by atoms with E-state index in [9.17, 15) is 0 Å². The lowest BCUT2D eigenvalue weighted by molar-refractivity contribution is 0.238. The summed E-state index contributed by atoms with van der Waals surface area (Å²) in [5, 5.41) is 3.20. The van der Waals surface area contributed by atoms with Gasteiger partial charge in [-0.1, -0.05) is 32.6 Å². The van der Waals surface area contributed by atoms with Gasteiger partial charge in [0.1, 0.15) is 0 Å². The normalized spacial score (nSPS) is 13.4. The maximum atomic E-state index is 3.20. The minimum absolute atomic E-state index is 0.749. The number of nitrogens with zero attached hydrogens (tertiary/aromatic N) is 1. The van der Waals surface area contributed by atoms with E-state index in [2.05, 4.69) is 31.1 Å². The topological polar surface area (TPSA) is 15.3 Å². The number of nitrogens with one attached hydrogen (secondary N) is 1. The number of hydrogen-bond acceptors (Lipinski definition) is 2. The van der Waals surface area contributed by atoms with Crippen LogP contribution in [0.15, 0.2) is 0 Å². The van der Waals surface area contributed by atoms with Crippen LogP contribution in [0.3, 0.4) is 0 Å². The first kappa shape index (κ1) is 14.9. The molecule has 0 spiro atoms. The van der Waals surface area contributed by atoms with Gasteiger partial charge in [0.2, 0.25) is 0 Å². The van der Waals surface area contributed by atoms with Crippen molar-refractivity contribution in [2.24, 2.45) is 0 Å². The average Bonchev–Trinajstić information content (AvgIpc) is 2.24. The summed E-state index contributed by atoms with van der Waals surface area (Å²) in [4.78, 5) is 2.49. The Hall–Kier alpha value is -0.0800. The van der Waals surface area contributed by atoms with Crippen molar-refractivity contribution in [3.63, 3.8) is 0 Å². The molecule has 0 aromatic carbocycles. The van der Waals surface area contributed by atoms with E-state index in [4.69, 9.17) is 0 Å². The Morgan fingerprint density at radius 1 is 1.13 bits per heavy atom. The van der Waals surface area contributed by atoms with Crippen molar-refractivity contribution in [2.75, 3.05) is 27.2 Å². The van der Waals surface area contributed by atoms with Crippen LogP contribution in [-0.4, -0.2) is 38.1 Å². The lowest BCUT2D eigenvalue weighted by Gasteiger charge is -2.24. The van der Waals surface area contributed by atoms with Crippen molar-refractivity contribution in [1.82, 2.24) is 10.2 Å². The molecule has 0 saturated heterocycles. The maximum Gasteiger partial charge on any atom is 0.00638 e. The Morgan fingerprint density at radius 3 is 2.47 bits per heavy atom. The molecule has 2 nitrogen and oxygen atoms in total. The Balaban J connectivity index is 3.38. The van der Waals surface area contributed by atoms with Crippen LogP contribution in [0.5, 0.6) is 0 Å². The number of hydrogen-bond donors (Lipinski definition) is 1. The molecule has 0 aromatic rings. The molecule has 1 unspecified atom stereocenters. The van der Waals surface area contributed by atoms with E-state index in [0.29, 0.717) is 0 Å². The van der Waals surface area contributed by atoms with Crippen molar-refractivity contribution in [2.45, 2.75) is 58.4 Å². The van der Waals surface area contributed by atoms with Gasteiger partial charge in [0.05, 0.1) is 0 Å². The van der Waals surface area contributed by atoms with E-state index >= 15 is 0 Å². The molecule has 0 aliphatic carbocycles. The monoisotopic (exact) mass is 214 g/mol. The lowest BCUT2D eigenvalue weighted by Crippen LogP contribution is -2.31. The Kier molecular flexibility index (Phi) is 10.4. The van der Waals surface area contributed by atoms with Crippen LogP contribution in [0.2, 0.25) is 0 Å². The fraction of sp³-hybridized carbons (Fsp3) is 1.00. The maximum absolute atomic E-state index is 3.20. The summed E-state index contributed by atoms with van der Waals surface area (Å²) < 4.78 is 0. The minimum atomic E-state index is 0.749. The first-order valence-corrected chi connectivity index (χ1v) is 6.57. The van der Waals surface area contributed by atoms with Gasteiger partial charge in [0.25, 0.3) is 0 Å². The average molecular weight is 214 g/mol. The predicted molar refractivity (Wildman–Crippen MR) is 69.4 cm³/mol. The predicted octanol–water partition coefficient (Wildman–Crippen LogP) is 2.89. The summed E-state index contributed by atoms with van der Waals surface area (Å²) in [5.41, 5.74) is 0. The van der Waals surface area contributed by atoms with Gasteiger partial charge in [-0.15, -0.1) is 0 Å². The van der Waals surface area contributed by atoms with Gasteiger partial charge in [-0.05, 0) is 47.0 Å². The van der Waals surface area contributed by atoms with E-state index in [1.807, 2.05) is 7.05 Å². The SMILES string of the molecule is CCCCCCC(C)N(C)CCCNC. The van der Waals surface area contributed by atoms with Gasteiger partial charge in [0.15, 0.2) is 0 Å². The molecular formula is C13H30N2. The molecule has 0 aliphatic heterocycles. The third-order valence-corrected chi connectivity index (χ3v) is 3.17. The highest BCUT2D eigenvalue weighted by Gasteiger charge is 2.07. The quantitative estimate of drug-likeness (QED) is 0.563. The van der Waals surface area contributed by atoms with Gasteiger partial charge in [-0.2, -0.15) is 0 Å². The fourth-order valence-corrected chi connectivity index (χ4v) is 1.81. The van der Waals surface area contributed by atoms with Crippen molar-refractivity contribution in [3.8, 4) is 0 Å². The first-order chi connectivity index (χ1) is 7.22. The van der Waals surface area contributed by atoms with Crippen LogP contribution in [0, 0.1) is 0 Å². The van der Waals surface area contributed by atoms with Crippen LogP contribution in [0.4, 0.5) is 0 Å². The summed E-state index contributed by atoms with van der Waals surface area (Å²) in [5.74, 6) is 0. The van der Waals surface area contributed by atoms with E-state index in [1.54, 1.807) is 0 Å². The van der Waals surface area contributed by atoms with E-state index in [-0.39, 0.29) is 0 Å². The largest absolute Gasteiger partial charge is 0.320 e. The van der Waals surface area contributed by atoms with Crippen molar-refractivity contribution in [1.29, 1.82) is 0 Å². The summed E-state index contributed by atoms with van der Waals surface area (Å²) >= 11 is 0. The molecule has 2 heteroatoms. The van der Waals surface area contributed by atoms with E-state index in [0.717, 1.165) is 12.6 Å². The molecule has 0 aromatic heterocycles. The van der Waals surface area contributed by atoms with Crippen LogP contribution < -0.4 is 5.32 Å². The third kappa shape index (κ3) is 8.88. The molecule has 1 N–H and O–H groups in total. The molecule has 1 atom stereocenters. The fourth-order valence-electron chi connectivity index (χ4n) is 1.81. The van der Waals surface area contributed by atoms with Crippen LogP contribution in [-0.2, 0) is 0 Å². The van der Waals surface area contributed by atoms with E-state index < -0.39 is 0 Å². The summed E-state index contributed by atoms with van der Waals surface area (Å²) in [6, 6.07) is 0.749. The van der Waals surface area contributed by atoms with Crippen molar-refractivity contribution < 1.29 is 0 Å². The smallest absolute Gasteiger partial charge is 0.00638 e. The molecule has 0 bridgehead atoms. The Labute approximate surface area is 96.4 Å². The number of rotatable bonds is 10. The van der Waals surface area contributed by atoms with Crippen LogP contribution in [0.1, 0.15) is 52.4 Å². The van der Waals surface area contributed by atoms with Crippen molar-refractivity contribution in [3.05, 3.63) is 0 Å². The second-order valence-corrected chi connectivity index (χ2v) is 4.64. The standard InChI is InChI=1S/C13H30N2/c1-5-6-7-8-10-13(2)15(4)12-9-11-14-3/h13-14H,5-12H2,1-4H3. The Bertz CT molecular complexity index is 126. The zero-order chi connectivity index (χ0) is 11.5. The highest BCUT2D eigenvalue weighted by atomic mass is 15.1. The first-order valence-electron chi connectivity index (χ1n) is 6.57. The molecule has 0 aliphatic rings. The molecule has 0 saturated carbocycles. The summed E-state index contributed by atoms with van der Waals surface area (Å²) in [6.07, 6.45) is 8.15.